The number of anilines is 1. The number of nitrogens with zero attached hydrogens (tertiary/aromatic N) is 3. The lowest BCUT2D eigenvalue weighted by atomic mass is 9.99. The third kappa shape index (κ3) is 3.19. The molecule has 2 rings (SSSR count). The van der Waals surface area contributed by atoms with E-state index in [0.29, 0.717) is 12.6 Å². The monoisotopic (exact) mass is 279 g/mol. The van der Waals surface area contributed by atoms with E-state index in [1.807, 2.05) is 20.9 Å². The summed E-state index contributed by atoms with van der Waals surface area (Å²) in [4.78, 5) is 14.4. The van der Waals surface area contributed by atoms with Gasteiger partial charge in [0.15, 0.2) is 0 Å². The van der Waals surface area contributed by atoms with E-state index in [1.165, 1.54) is 0 Å². The first-order valence-electron chi connectivity index (χ1n) is 7.18. The summed E-state index contributed by atoms with van der Waals surface area (Å²) in [5, 5.41) is 7.29. The van der Waals surface area contributed by atoms with Gasteiger partial charge in [-0.25, -0.2) is 0 Å². The Hall–Kier alpha value is -1.40. The maximum Gasteiger partial charge on any atom is 0.238 e. The van der Waals surface area contributed by atoms with Crippen molar-refractivity contribution < 1.29 is 4.79 Å². The Bertz CT molecular complexity index is 496. The summed E-state index contributed by atoms with van der Waals surface area (Å²) in [5.74, 6) is 0.0199. The van der Waals surface area contributed by atoms with Crippen LogP contribution in [0.1, 0.15) is 31.2 Å². The second-order valence-corrected chi connectivity index (χ2v) is 5.82. The highest BCUT2D eigenvalue weighted by Gasteiger charge is 2.25. The minimum atomic E-state index is 0.0199. The number of hydrogen-bond donors (Lipinski definition) is 2. The quantitative estimate of drug-likeness (QED) is 0.857. The van der Waals surface area contributed by atoms with Crippen LogP contribution in [0.25, 0.3) is 0 Å². The number of aryl methyl sites for hydroxylation is 2. The van der Waals surface area contributed by atoms with Crippen LogP contribution in [0, 0.1) is 13.8 Å². The molecule has 0 aliphatic carbocycles. The van der Waals surface area contributed by atoms with Crippen molar-refractivity contribution >= 4 is 11.6 Å². The molecular formula is C14H25N5O. The molecule has 2 unspecified atom stereocenters. The molecule has 0 spiro atoms. The van der Waals surface area contributed by atoms with Gasteiger partial charge in [0, 0.05) is 25.7 Å². The molecule has 1 aliphatic rings. The van der Waals surface area contributed by atoms with E-state index in [1.54, 1.807) is 4.68 Å². The fourth-order valence-electron chi connectivity index (χ4n) is 2.81. The van der Waals surface area contributed by atoms with Gasteiger partial charge in [0.05, 0.1) is 23.6 Å². The van der Waals surface area contributed by atoms with E-state index in [4.69, 9.17) is 5.73 Å². The molecule has 1 aromatic rings. The van der Waals surface area contributed by atoms with Gasteiger partial charge in [0.25, 0.3) is 0 Å². The SMILES string of the molecule is Cc1nn(C)c(C)c1NC(=O)CN1CCC(N)CC1C. The summed E-state index contributed by atoms with van der Waals surface area (Å²) in [6.07, 6.45) is 1.92. The van der Waals surface area contributed by atoms with Crippen LogP contribution in [-0.4, -0.2) is 45.8 Å². The van der Waals surface area contributed by atoms with E-state index in [9.17, 15) is 4.79 Å². The molecule has 0 radical (unpaired) electrons. The van der Waals surface area contributed by atoms with Crippen LogP contribution in [0.3, 0.4) is 0 Å². The Morgan fingerprint density at radius 3 is 2.75 bits per heavy atom. The van der Waals surface area contributed by atoms with E-state index in [-0.39, 0.29) is 11.9 Å². The molecule has 1 fully saturated rings. The van der Waals surface area contributed by atoms with Crippen molar-refractivity contribution in [2.75, 3.05) is 18.4 Å². The summed E-state index contributed by atoms with van der Waals surface area (Å²) in [6, 6.07) is 0.632. The highest BCUT2D eigenvalue weighted by atomic mass is 16.2. The molecule has 1 aromatic heterocycles. The largest absolute Gasteiger partial charge is 0.328 e. The van der Waals surface area contributed by atoms with Crippen molar-refractivity contribution in [2.45, 2.75) is 45.7 Å². The number of nitrogens with two attached hydrogens (primary N) is 1. The molecule has 1 amide bonds. The molecule has 112 valence electrons. The number of nitrogens with one attached hydrogen (secondary N) is 1. The van der Waals surface area contributed by atoms with Gasteiger partial charge in [0.1, 0.15) is 0 Å². The van der Waals surface area contributed by atoms with E-state index in [2.05, 4.69) is 22.2 Å². The average molecular weight is 279 g/mol. The molecule has 2 atom stereocenters. The van der Waals surface area contributed by atoms with E-state index < -0.39 is 0 Å². The molecular weight excluding hydrogens is 254 g/mol. The van der Waals surface area contributed by atoms with Gasteiger partial charge in [-0.3, -0.25) is 14.4 Å². The molecule has 2 heterocycles. The van der Waals surface area contributed by atoms with Crippen LogP contribution in [0.15, 0.2) is 0 Å². The van der Waals surface area contributed by atoms with E-state index >= 15 is 0 Å². The highest BCUT2D eigenvalue weighted by molar-refractivity contribution is 5.93. The van der Waals surface area contributed by atoms with Crippen LogP contribution in [-0.2, 0) is 11.8 Å². The molecule has 6 nitrogen and oxygen atoms in total. The average Bonchev–Trinajstić information content (AvgIpc) is 2.60. The summed E-state index contributed by atoms with van der Waals surface area (Å²) in [5.41, 5.74) is 8.61. The molecule has 0 aromatic carbocycles. The first kappa shape index (κ1) is 15.0. The van der Waals surface area contributed by atoms with Crippen molar-refractivity contribution in [2.24, 2.45) is 12.8 Å². The van der Waals surface area contributed by atoms with Crippen LogP contribution in [0.2, 0.25) is 0 Å². The topological polar surface area (TPSA) is 76.2 Å². The fourth-order valence-corrected chi connectivity index (χ4v) is 2.81. The minimum Gasteiger partial charge on any atom is -0.328 e. The first-order chi connectivity index (χ1) is 9.38. The van der Waals surface area contributed by atoms with Crippen molar-refractivity contribution in [3.8, 4) is 0 Å². The molecule has 20 heavy (non-hydrogen) atoms. The van der Waals surface area contributed by atoms with Gasteiger partial charge >= 0.3 is 0 Å². The Labute approximate surface area is 120 Å². The summed E-state index contributed by atoms with van der Waals surface area (Å²) in [6.45, 7) is 7.30. The lowest BCUT2D eigenvalue weighted by molar-refractivity contribution is -0.118. The smallest absolute Gasteiger partial charge is 0.238 e. The van der Waals surface area contributed by atoms with Crippen LogP contribution >= 0.6 is 0 Å². The van der Waals surface area contributed by atoms with E-state index in [0.717, 1.165) is 36.5 Å². The first-order valence-corrected chi connectivity index (χ1v) is 7.18. The maximum absolute atomic E-state index is 12.2. The molecule has 0 bridgehead atoms. The predicted octanol–water partition coefficient (Wildman–Crippen LogP) is 0.787. The van der Waals surface area contributed by atoms with Crippen molar-refractivity contribution in [1.29, 1.82) is 0 Å². The second-order valence-electron chi connectivity index (χ2n) is 5.82. The van der Waals surface area contributed by atoms with Crippen molar-refractivity contribution in [1.82, 2.24) is 14.7 Å². The minimum absolute atomic E-state index is 0.0199. The zero-order chi connectivity index (χ0) is 14.9. The number of piperidine rings is 1. The standard InChI is InChI=1S/C14H25N5O/c1-9-7-12(15)5-6-19(9)8-13(20)16-14-10(2)17-18(4)11(14)3/h9,12H,5-8,15H2,1-4H3,(H,16,20). The molecule has 0 saturated carbocycles. The lowest BCUT2D eigenvalue weighted by Crippen LogP contribution is -2.48. The number of likely N-dealkylation sites (tertiary alicyclic amines) is 1. The summed E-state index contributed by atoms with van der Waals surface area (Å²) in [7, 11) is 1.88. The van der Waals surface area contributed by atoms with Crippen molar-refractivity contribution in [3.05, 3.63) is 11.4 Å². The number of carbonyl (C=O) groups excluding carboxylic acids is 1. The van der Waals surface area contributed by atoms with Crippen LogP contribution in [0.5, 0.6) is 0 Å². The molecule has 1 aliphatic heterocycles. The number of carbonyl (C=O) groups is 1. The van der Waals surface area contributed by atoms with Crippen molar-refractivity contribution in [3.63, 3.8) is 0 Å². The van der Waals surface area contributed by atoms with Crippen LogP contribution < -0.4 is 11.1 Å². The Kier molecular flexibility index (Phi) is 4.45. The molecule has 6 heteroatoms. The Morgan fingerprint density at radius 2 is 2.20 bits per heavy atom. The van der Waals surface area contributed by atoms with Gasteiger partial charge in [0.2, 0.25) is 5.91 Å². The van der Waals surface area contributed by atoms with Gasteiger partial charge in [-0.1, -0.05) is 0 Å². The van der Waals surface area contributed by atoms with Crippen LogP contribution in [0.4, 0.5) is 5.69 Å². The number of amides is 1. The molecule has 3 N–H and O–H groups in total. The van der Waals surface area contributed by atoms with Gasteiger partial charge < -0.3 is 11.1 Å². The Balaban J connectivity index is 1.96. The molecule has 1 saturated heterocycles. The third-order valence-corrected chi connectivity index (χ3v) is 4.17. The fraction of sp³-hybridized carbons (Fsp3) is 0.714. The van der Waals surface area contributed by atoms with Gasteiger partial charge in [-0.2, -0.15) is 5.10 Å². The Morgan fingerprint density at radius 1 is 1.50 bits per heavy atom. The summed E-state index contributed by atoms with van der Waals surface area (Å²) < 4.78 is 1.79. The summed E-state index contributed by atoms with van der Waals surface area (Å²) >= 11 is 0. The zero-order valence-electron chi connectivity index (χ0n) is 12.8. The number of aromatic nitrogens is 2. The number of rotatable bonds is 3. The zero-order valence-corrected chi connectivity index (χ0v) is 12.8. The number of hydrogen-bond acceptors (Lipinski definition) is 4. The lowest BCUT2D eigenvalue weighted by Gasteiger charge is -2.35. The second kappa shape index (κ2) is 5.93. The third-order valence-electron chi connectivity index (χ3n) is 4.17. The van der Waals surface area contributed by atoms with Gasteiger partial charge in [-0.05, 0) is 33.6 Å². The van der Waals surface area contributed by atoms with Gasteiger partial charge in [-0.15, -0.1) is 0 Å². The highest BCUT2D eigenvalue weighted by Crippen LogP contribution is 2.19. The normalized spacial score (nSPS) is 23.9. The maximum atomic E-state index is 12.2. The predicted molar refractivity (Wildman–Crippen MR) is 79.6 cm³/mol.